The Kier molecular flexibility index (Phi) is 6.84. The van der Waals surface area contributed by atoms with Gasteiger partial charge in [0, 0.05) is 22.1 Å². The van der Waals surface area contributed by atoms with Crippen LogP contribution in [0.5, 0.6) is 0 Å². The number of rotatable bonds is 7. The van der Waals surface area contributed by atoms with Gasteiger partial charge in [-0.15, -0.1) is 0 Å². The average Bonchev–Trinajstić information content (AvgIpc) is 2.40. The summed E-state index contributed by atoms with van der Waals surface area (Å²) in [4.78, 5) is 23.1. The number of aromatic carboxylic acids is 1. The number of benzene rings is 1. The zero-order valence-corrected chi connectivity index (χ0v) is 13.8. The number of hydrogen-bond acceptors (Lipinski definition) is 3. The number of carboxylic acids is 1. The van der Waals surface area contributed by atoms with Gasteiger partial charge in [0.25, 0.3) is 0 Å². The molecule has 0 aliphatic carbocycles. The lowest BCUT2D eigenvalue weighted by molar-refractivity contribution is -0.119. The standard InChI is InChI=1S/C15H21BrN2O3/c1-9(4-3-5-10(2)17)14(19)18-11-6-7-13(16)12(8-11)15(20)21/h6-10H,3-5,17H2,1-2H3,(H,18,19)(H,20,21). The summed E-state index contributed by atoms with van der Waals surface area (Å²) < 4.78 is 0.484. The van der Waals surface area contributed by atoms with Crippen LogP contribution in [0.4, 0.5) is 5.69 Å². The molecule has 0 radical (unpaired) electrons. The van der Waals surface area contributed by atoms with Crippen molar-refractivity contribution in [2.24, 2.45) is 11.7 Å². The van der Waals surface area contributed by atoms with Crippen molar-refractivity contribution in [3.8, 4) is 0 Å². The van der Waals surface area contributed by atoms with Crippen LogP contribution in [-0.2, 0) is 4.79 Å². The number of carbonyl (C=O) groups is 2. The van der Waals surface area contributed by atoms with E-state index in [0.717, 1.165) is 19.3 Å². The molecule has 1 amide bonds. The SMILES string of the molecule is CC(N)CCCC(C)C(=O)Nc1ccc(Br)c(C(=O)O)c1. The molecule has 2 atom stereocenters. The van der Waals surface area contributed by atoms with Crippen molar-refractivity contribution >= 4 is 33.5 Å². The third-order valence-corrected chi connectivity index (χ3v) is 3.90. The molecule has 0 saturated heterocycles. The summed E-state index contributed by atoms with van der Waals surface area (Å²) in [6, 6.07) is 4.87. The topological polar surface area (TPSA) is 92.4 Å². The average molecular weight is 357 g/mol. The molecule has 5 nitrogen and oxygen atoms in total. The van der Waals surface area contributed by atoms with Gasteiger partial charge in [-0.1, -0.05) is 13.3 Å². The number of amides is 1. The maximum Gasteiger partial charge on any atom is 0.336 e. The Morgan fingerprint density at radius 3 is 2.57 bits per heavy atom. The highest BCUT2D eigenvalue weighted by molar-refractivity contribution is 9.10. The van der Waals surface area contributed by atoms with Crippen LogP contribution >= 0.6 is 15.9 Å². The zero-order valence-electron chi connectivity index (χ0n) is 12.2. The molecular weight excluding hydrogens is 336 g/mol. The molecule has 0 spiro atoms. The van der Waals surface area contributed by atoms with Crippen molar-refractivity contribution in [3.63, 3.8) is 0 Å². The molecule has 21 heavy (non-hydrogen) atoms. The zero-order chi connectivity index (χ0) is 16.0. The number of hydrogen-bond donors (Lipinski definition) is 3. The Hall–Kier alpha value is -1.40. The minimum Gasteiger partial charge on any atom is -0.478 e. The van der Waals surface area contributed by atoms with Gasteiger partial charge in [-0.3, -0.25) is 4.79 Å². The third kappa shape index (κ3) is 5.85. The van der Waals surface area contributed by atoms with Crippen LogP contribution in [0.25, 0.3) is 0 Å². The summed E-state index contributed by atoms with van der Waals surface area (Å²) in [5, 5.41) is 11.8. The van der Waals surface area contributed by atoms with E-state index in [1.807, 2.05) is 13.8 Å². The Labute approximate surface area is 133 Å². The smallest absolute Gasteiger partial charge is 0.336 e. The molecule has 1 aromatic rings. The van der Waals surface area contributed by atoms with Crippen LogP contribution in [-0.4, -0.2) is 23.0 Å². The van der Waals surface area contributed by atoms with Crippen molar-refractivity contribution < 1.29 is 14.7 Å². The molecule has 0 aromatic heterocycles. The van der Waals surface area contributed by atoms with Crippen LogP contribution in [0.1, 0.15) is 43.5 Å². The predicted octanol–water partition coefficient (Wildman–Crippen LogP) is 3.24. The predicted molar refractivity (Wildman–Crippen MR) is 86.4 cm³/mol. The maximum absolute atomic E-state index is 12.1. The molecule has 2 unspecified atom stereocenters. The minimum absolute atomic E-state index is 0.113. The van der Waals surface area contributed by atoms with E-state index < -0.39 is 5.97 Å². The van der Waals surface area contributed by atoms with E-state index in [9.17, 15) is 9.59 Å². The monoisotopic (exact) mass is 356 g/mol. The Balaban J connectivity index is 2.62. The van der Waals surface area contributed by atoms with E-state index in [0.29, 0.717) is 10.2 Å². The van der Waals surface area contributed by atoms with E-state index >= 15 is 0 Å². The third-order valence-electron chi connectivity index (χ3n) is 3.21. The fourth-order valence-corrected chi connectivity index (χ4v) is 2.33. The van der Waals surface area contributed by atoms with Crippen LogP contribution in [0, 0.1) is 5.92 Å². The van der Waals surface area contributed by atoms with Gasteiger partial charge >= 0.3 is 5.97 Å². The molecule has 116 valence electrons. The number of carboxylic acid groups (broad SMARTS) is 1. The normalized spacial score (nSPS) is 13.5. The second-order valence-corrected chi connectivity index (χ2v) is 6.15. The largest absolute Gasteiger partial charge is 0.478 e. The molecule has 0 bridgehead atoms. The van der Waals surface area contributed by atoms with Crippen molar-refractivity contribution in [2.45, 2.75) is 39.2 Å². The fourth-order valence-electron chi connectivity index (χ4n) is 1.91. The summed E-state index contributed by atoms with van der Waals surface area (Å²) in [7, 11) is 0. The number of nitrogens with two attached hydrogens (primary N) is 1. The van der Waals surface area contributed by atoms with Gasteiger partial charge in [-0.25, -0.2) is 4.79 Å². The van der Waals surface area contributed by atoms with Crippen LogP contribution in [0.2, 0.25) is 0 Å². The quantitative estimate of drug-likeness (QED) is 0.699. The molecule has 1 rings (SSSR count). The van der Waals surface area contributed by atoms with Crippen molar-refractivity contribution in [1.29, 1.82) is 0 Å². The molecule has 0 saturated carbocycles. The highest BCUT2D eigenvalue weighted by atomic mass is 79.9. The highest BCUT2D eigenvalue weighted by Crippen LogP contribution is 2.22. The van der Waals surface area contributed by atoms with Gasteiger partial charge in [-0.2, -0.15) is 0 Å². The molecule has 0 fully saturated rings. The molecule has 0 heterocycles. The van der Waals surface area contributed by atoms with Gasteiger partial charge in [0.1, 0.15) is 0 Å². The summed E-state index contributed by atoms with van der Waals surface area (Å²) in [6.07, 6.45) is 2.54. The minimum atomic E-state index is -1.04. The molecule has 6 heteroatoms. The number of carbonyl (C=O) groups excluding carboxylic acids is 1. The van der Waals surface area contributed by atoms with Crippen LogP contribution in [0.3, 0.4) is 0 Å². The number of nitrogens with one attached hydrogen (secondary N) is 1. The van der Waals surface area contributed by atoms with Gasteiger partial charge in [0.2, 0.25) is 5.91 Å². The first-order valence-corrected chi connectivity index (χ1v) is 7.70. The first kappa shape index (κ1) is 17.7. The Bertz CT molecular complexity index is 518. The second kappa shape index (κ2) is 8.14. The summed E-state index contributed by atoms with van der Waals surface area (Å²) >= 11 is 3.17. The maximum atomic E-state index is 12.1. The van der Waals surface area contributed by atoms with E-state index in [1.165, 1.54) is 6.07 Å². The summed E-state index contributed by atoms with van der Waals surface area (Å²) in [6.45, 7) is 3.80. The van der Waals surface area contributed by atoms with Gasteiger partial charge in [0.15, 0.2) is 0 Å². The van der Waals surface area contributed by atoms with Crippen LogP contribution < -0.4 is 11.1 Å². The van der Waals surface area contributed by atoms with Crippen molar-refractivity contribution in [1.82, 2.24) is 0 Å². The van der Waals surface area contributed by atoms with Crippen molar-refractivity contribution in [2.75, 3.05) is 5.32 Å². The molecule has 0 aliphatic rings. The number of anilines is 1. The van der Waals surface area contributed by atoms with E-state index in [1.54, 1.807) is 12.1 Å². The van der Waals surface area contributed by atoms with Gasteiger partial charge < -0.3 is 16.2 Å². The summed E-state index contributed by atoms with van der Waals surface area (Å²) in [5.74, 6) is -1.29. The summed E-state index contributed by atoms with van der Waals surface area (Å²) in [5.41, 5.74) is 6.29. The second-order valence-electron chi connectivity index (χ2n) is 5.30. The molecule has 0 aliphatic heterocycles. The molecule has 4 N–H and O–H groups in total. The lowest BCUT2D eigenvalue weighted by Crippen LogP contribution is -2.21. The first-order chi connectivity index (χ1) is 9.81. The Morgan fingerprint density at radius 1 is 1.33 bits per heavy atom. The van der Waals surface area contributed by atoms with Gasteiger partial charge in [0.05, 0.1) is 5.56 Å². The Morgan fingerprint density at radius 2 is 2.00 bits per heavy atom. The molecule has 1 aromatic carbocycles. The van der Waals surface area contributed by atoms with Crippen molar-refractivity contribution in [3.05, 3.63) is 28.2 Å². The highest BCUT2D eigenvalue weighted by Gasteiger charge is 2.15. The van der Waals surface area contributed by atoms with E-state index in [2.05, 4.69) is 21.2 Å². The van der Waals surface area contributed by atoms with Crippen LogP contribution in [0.15, 0.2) is 22.7 Å². The number of halogens is 1. The first-order valence-electron chi connectivity index (χ1n) is 6.90. The van der Waals surface area contributed by atoms with E-state index in [4.69, 9.17) is 10.8 Å². The fraction of sp³-hybridized carbons (Fsp3) is 0.467. The molecular formula is C15H21BrN2O3. The lowest BCUT2D eigenvalue weighted by atomic mass is 10.0. The van der Waals surface area contributed by atoms with E-state index in [-0.39, 0.29) is 23.4 Å². The van der Waals surface area contributed by atoms with Gasteiger partial charge in [-0.05, 0) is 53.9 Å². The lowest BCUT2D eigenvalue weighted by Gasteiger charge is -2.13.